The summed E-state index contributed by atoms with van der Waals surface area (Å²) in [5, 5.41) is 9.75. The highest BCUT2D eigenvalue weighted by Gasteiger charge is 2.10. The van der Waals surface area contributed by atoms with Gasteiger partial charge in [-0.15, -0.1) is 0 Å². The highest BCUT2D eigenvalue weighted by Crippen LogP contribution is 2.26. The maximum atomic E-state index is 13.2. The summed E-state index contributed by atoms with van der Waals surface area (Å²) in [6.45, 7) is 3.83. The van der Waals surface area contributed by atoms with Gasteiger partial charge in [0.25, 0.3) is 0 Å². The Bertz CT molecular complexity index is 452. The molecule has 0 aliphatic rings. The predicted octanol–water partition coefficient (Wildman–Crippen LogP) is 3.49. The maximum Gasteiger partial charge on any atom is 0.156 e. The summed E-state index contributed by atoms with van der Waals surface area (Å²) in [6.07, 6.45) is 2.89. The van der Waals surface area contributed by atoms with Crippen LogP contribution < -0.4 is 4.74 Å². The van der Waals surface area contributed by atoms with Crippen LogP contribution in [0.3, 0.4) is 0 Å². The second-order valence-electron chi connectivity index (χ2n) is 3.98. The molecule has 0 bridgehead atoms. The molecule has 0 aliphatic carbocycles. The molecular formula is C14H17FO3. The lowest BCUT2D eigenvalue weighted by atomic mass is 10.1. The Morgan fingerprint density at radius 2 is 2.22 bits per heavy atom. The second kappa shape index (κ2) is 6.79. The molecule has 0 saturated carbocycles. The van der Waals surface area contributed by atoms with E-state index < -0.39 is 5.82 Å². The van der Waals surface area contributed by atoms with Crippen LogP contribution in [-0.2, 0) is 4.79 Å². The summed E-state index contributed by atoms with van der Waals surface area (Å²) in [7, 11) is 0. The molecule has 0 aromatic heterocycles. The Hall–Kier alpha value is -1.84. The molecule has 0 unspecified atom stereocenters. The number of hydrogen-bond donors (Lipinski definition) is 1. The average Bonchev–Trinajstić information content (AvgIpc) is 2.30. The van der Waals surface area contributed by atoms with Gasteiger partial charge >= 0.3 is 0 Å². The van der Waals surface area contributed by atoms with Gasteiger partial charge in [-0.1, -0.05) is 13.3 Å². The summed E-state index contributed by atoms with van der Waals surface area (Å²) in [5.74, 6) is -0.707. The molecule has 98 valence electrons. The first-order chi connectivity index (χ1) is 8.54. The Labute approximate surface area is 106 Å². The maximum absolute atomic E-state index is 13.2. The molecule has 0 amide bonds. The monoisotopic (exact) mass is 252 g/mol. The fourth-order valence-corrected chi connectivity index (χ4v) is 1.42. The van der Waals surface area contributed by atoms with Crippen LogP contribution >= 0.6 is 0 Å². The molecule has 1 rings (SSSR count). The van der Waals surface area contributed by atoms with Crippen LogP contribution in [-0.4, -0.2) is 17.5 Å². The van der Waals surface area contributed by atoms with E-state index in [1.54, 1.807) is 0 Å². The van der Waals surface area contributed by atoms with Crippen LogP contribution in [0.15, 0.2) is 24.3 Å². The molecule has 0 saturated heterocycles. The van der Waals surface area contributed by atoms with Gasteiger partial charge in [-0.25, -0.2) is 4.39 Å². The average molecular weight is 252 g/mol. The van der Waals surface area contributed by atoms with E-state index in [0.29, 0.717) is 12.4 Å². The topological polar surface area (TPSA) is 46.5 Å². The third kappa shape index (κ3) is 4.20. The summed E-state index contributed by atoms with van der Waals surface area (Å²) >= 11 is 0. The molecule has 1 aromatic carbocycles. The summed E-state index contributed by atoms with van der Waals surface area (Å²) in [6, 6.07) is 3.85. The molecule has 1 N–H and O–H groups in total. The third-order valence-electron chi connectivity index (χ3n) is 2.31. The van der Waals surface area contributed by atoms with E-state index in [0.717, 1.165) is 25.0 Å². The number of carbonyl (C=O) groups is 1. The van der Waals surface area contributed by atoms with Crippen molar-refractivity contribution in [1.29, 1.82) is 0 Å². The van der Waals surface area contributed by atoms with Gasteiger partial charge in [-0.05, 0) is 31.5 Å². The molecule has 18 heavy (non-hydrogen) atoms. The molecule has 0 aliphatic heterocycles. The van der Waals surface area contributed by atoms with Crippen molar-refractivity contribution in [3.63, 3.8) is 0 Å². The number of carbonyl (C=O) groups excluding carboxylic acids is 1. The lowest BCUT2D eigenvalue weighted by Gasteiger charge is -2.10. The van der Waals surface area contributed by atoms with Crippen molar-refractivity contribution in [2.24, 2.45) is 0 Å². The number of rotatable bonds is 6. The van der Waals surface area contributed by atoms with Gasteiger partial charge in [0.15, 0.2) is 5.78 Å². The lowest BCUT2D eigenvalue weighted by Crippen LogP contribution is -2.01. The van der Waals surface area contributed by atoms with Crippen molar-refractivity contribution < 1.29 is 19.0 Å². The van der Waals surface area contributed by atoms with E-state index in [-0.39, 0.29) is 17.1 Å². The zero-order valence-electron chi connectivity index (χ0n) is 10.6. The molecule has 0 radical (unpaired) electrons. The first-order valence-corrected chi connectivity index (χ1v) is 5.88. The molecule has 4 heteroatoms. The standard InChI is InChI=1S/C14H17FO3/c1-3-4-7-18-14-6-5-11(15)9-12(14)13(17)8-10(2)16/h5-6,8-9,17H,3-4,7H2,1-2H3. The Kier molecular flexibility index (Phi) is 5.36. The largest absolute Gasteiger partial charge is 0.507 e. The van der Waals surface area contributed by atoms with Crippen LogP contribution in [0.4, 0.5) is 4.39 Å². The van der Waals surface area contributed by atoms with Crippen molar-refractivity contribution in [3.05, 3.63) is 35.7 Å². The first-order valence-electron chi connectivity index (χ1n) is 5.88. The van der Waals surface area contributed by atoms with Crippen molar-refractivity contribution in [2.45, 2.75) is 26.7 Å². The van der Waals surface area contributed by atoms with Gasteiger partial charge < -0.3 is 9.84 Å². The van der Waals surface area contributed by atoms with Gasteiger partial charge in [0, 0.05) is 6.08 Å². The Balaban J connectivity index is 2.99. The zero-order chi connectivity index (χ0) is 13.5. The lowest BCUT2D eigenvalue weighted by molar-refractivity contribution is -0.112. The van der Waals surface area contributed by atoms with Crippen LogP contribution in [0.25, 0.3) is 5.76 Å². The number of ether oxygens (including phenoxy) is 1. The SMILES string of the molecule is CCCCOc1ccc(F)cc1C(O)=CC(C)=O. The van der Waals surface area contributed by atoms with E-state index in [1.165, 1.54) is 19.1 Å². The summed E-state index contributed by atoms with van der Waals surface area (Å²) < 4.78 is 18.6. The predicted molar refractivity (Wildman–Crippen MR) is 68.1 cm³/mol. The van der Waals surface area contributed by atoms with Crippen LogP contribution in [0.1, 0.15) is 32.3 Å². The smallest absolute Gasteiger partial charge is 0.156 e. The minimum atomic E-state index is -0.489. The van der Waals surface area contributed by atoms with Crippen LogP contribution in [0, 0.1) is 5.82 Å². The van der Waals surface area contributed by atoms with Crippen molar-refractivity contribution >= 4 is 11.5 Å². The number of aliphatic hydroxyl groups excluding tert-OH is 1. The summed E-state index contributed by atoms with van der Waals surface area (Å²) in [4.78, 5) is 10.9. The minimum absolute atomic E-state index is 0.196. The van der Waals surface area contributed by atoms with E-state index in [1.807, 2.05) is 6.92 Å². The van der Waals surface area contributed by atoms with E-state index >= 15 is 0 Å². The van der Waals surface area contributed by atoms with Crippen LogP contribution in [0.2, 0.25) is 0 Å². The quantitative estimate of drug-likeness (QED) is 0.479. The van der Waals surface area contributed by atoms with Crippen LogP contribution in [0.5, 0.6) is 5.75 Å². The fraction of sp³-hybridized carbons (Fsp3) is 0.357. The third-order valence-corrected chi connectivity index (χ3v) is 2.31. The number of ketones is 1. The second-order valence-corrected chi connectivity index (χ2v) is 3.98. The number of aliphatic hydroxyl groups is 1. The van der Waals surface area contributed by atoms with Crippen molar-refractivity contribution in [3.8, 4) is 5.75 Å². The molecular weight excluding hydrogens is 235 g/mol. The molecule has 0 heterocycles. The molecule has 0 atom stereocenters. The molecule has 0 spiro atoms. The minimum Gasteiger partial charge on any atom is -0.507 e. The van der Waals surface area contributed by atoms with E-state index in [2.05, 4.69) is 0 Å². The van der Waals surface area contributed by atoms with E-state index in [9.17, 15) is 14.3 Å². The highest BCUT2D eigenvalue weighted by atomic mass is 19.1. The van der Waals surface area contributed by atoms with E-state index in [4.69, 9.17) is 4.74 Å². The number of allylic oxidation sites excluding steroid dienone is 1. The zero-order valence-corrected chi connectivity index (χ0v) is 10.6. The number of unbranched alkanes of at least 4 members (excludes halogenated alkanes) is 1. The highest BCUT2D eigenvalue weighted by molar-refractivity contribution is 5.93. The van der Waals surface area contributed by atoms with Gasteiger partial charge in [0.1, 0.15) is 17.3 Å². The Morgan fingerprint density at radius 3 is 2.83 bits per heavy atom. The number of benzene rings is 1. The molecule has 0 fully saturated rings. The first kappa shape index (κ1) is 14.2. The summed E-state index contributed by atoms with van der Waals surface area (Å²) in [5.41, 5.74) is 0.196. The van der Waals surface area contributed by atoms with Crippen molar-refractivity contribution in [1.82, 2.24) is 0 Å². The number of hydrogen-bond acceptors (Lipinski definition) is 3. The fourth-order valence-electron chi connectivity index (χ4n) is 1.42. The molecule has 3 nitrogen and oxygen atoms in total. The van der Waals surface area contributed by atoms with Gasteiger partial charge in [-0.2, -0.15) is 0 Å². The normalized spacial score (nSPS) is 11.4. The van der Waals surface area contributed by atoms with Gasteiger partial charge in [0.05, 0.1) is 12.2 Å². The molecule has 1 aromatic rings. The van der Waals surface area contributed by atoms with Gasteiger partial charge in [-0.3, -0.25) is 4.79 Å². The van der Waals surface area contributed by atoms with Crippen molar-refractivity contribution in [2.75, 3.05) is 6.61 Å². The number of halogens is 1. The Morgan fingerprint density at radius 1 is 1.50 bits per heavy atom. The van der Waals surface area contributed by atoms with Gasteiger partial charge in [0.2, 0.25) is 0 Å².